The molecule has 2 aromatic rings. The van der Waals surface area contributed by atoms with Gasteiger partial charge in [0.05, 0.1) is 16.4 Å². The third-order valence-corrected chi connectivity index (χ3v) is 8.29. The summed E-state index contributed by atoms with van der Waals surface area (Å²) in [5.74, 6) is 0.510. The Balaban J connectivity index is 1.36. The number of ether oxygens (including phenoxy) is 1. The van der Waals surface area contributed by atoms with Crippen LogP contribution in [0.2, 0.25) is 5.02 Å². The van der Waals surface area contributed by atoms with Crippen LogP contribution in [0.15, 0.2) is 54.4 Å². The summed E-state index contributed by atoms with van der Waals surface area (Å²) in [6, 6.07) is 10.0. The van der Waals surface area contributed by atoms with E-state index in [0.717, 1.165) is 81.2 Å². The molecule has 1 aromatic heterocycles. The predicted molar refractivity (Wildman–Crippen MR) is 163 cm³/mol. The van der Waals surface area contributed by atoms with E-state index in [1.807, 2.05) is 26.0 Å². The number of aliphatic imine (C=N–C) groups is 1. The standard InChI is InChI=1S/C31H42ClFN6O/c1-7-25-20-38(30-12-11-29(36-21(30)3)31(34-6)40-23(5)35-8-2)17-18-39(25)26-13-15-37(16-14-26)22(4)24-9-10-27(32)28(33)19-24/h9-12,19,25-26,35H,4-5,7-8,13-18,20H2,1-3,6H3/b34-31-/t25-/m0/s1. The van der Waals surface area contributed by atoms with Crippen molar-refractivity contribution >= 4 is 28.9 Å². The Kier molecular flexibility index (Phi) is 10.1. The Bertz CT molecular complexity index is 1240. The van der Waals surface area contributed by atoms with Gasteiger partial charge in [-0.3, -0.25) is 9.89 Å². The number of benzene rings is 1. The van der Waals surface area contributed by atoms with Crippen molar-refractivity contribution in [2.75, 3.05) is 51.2 Å². The second kappa shape index (κ2) is 13.5. The molecule has 3 heterocycles. The van der Waals surface area contributed by atoms with E-state index in [1.54, 1.807) is 13.1 Å². The number of pyridine rings is 1. The van der Waals surface area contributed by atoms with Gasteiger partial charge in [-0.05, 0) is 64.0 Å². The second-order valence-corrected chi connectivity index (χ2v) is 10.8. The number of anilines is 1. The summed E-state index contributed by atoms with van der Waals surface area (Å²) in [4.78, 5) is 16.5. The highest BCUT2D eigenvalue weighted by Crippen LogP contribution is 2.30. The number of aromatic nitrogens is 1. The number of hydrogen-bond acceptors (Lipinski definition) is 7. The van der Waals surface area contributed by atoms with Gasteiger partial charge in [-0.2, -0.15) is 0 Å². The summed E-state index contributed by atoms with van der Waals surface area (Å²) in [6.07, 6.45) is 3.22. The van der Waals surface area contributed by atoms with Gasteiger partial charge in [0.2, 0.25) is 5.90 Å². The van der Waals surface area contributed by atoms with Gasteiger partial charge in [0, 0.05) is 69.7 Å². The molecule has 1 atom stereocenters. The predicted octanol–water partition coefficient (Wildman–Crippen LogP) is 5.69. The maximum Gasteiger partial charge on any atom is 0.242 e. The number of likely N-dealkylation sites (tertiary alicyclic amines) is 1. The Morgan fingerprint density at radius 1 is 1.15 bits per heavy atom. The summed E-state index contributed by atoms with van der Waals surface area (Å²) < 4.78 is 19.8. The number of nitrogens with zero attached hydrogens (tertiary/aromatic N) is 5. The van der Waals surface area contributed by atoms with Gasteiger partial charge in [-0.15, -0.1) is 0 Å². The maximum atomic E-state index is 14.0. The Labute approximate surface area is 243 Å². The highest BCUT2D eigenvalue weighted by Gasteiger charge is 2.34. The first-order valence-corrected chi connectivity index (χ1v) is 14.6. The lowest BCUT2D eigenvalue weighted by atomic mass is 9.97. The summed E-state index contributed by atoms with van der Waals surface area (Å²) in [7, 11) is 1.70. The number of piperazine rings is 1. The number of nitrogens with one attached hydrogen (secondary N) is 1. The van der Waals surface area contributed by atoms with Crippen LogP contribution in [-0.2, 0) is 4.74 Å². The third kappa shape index (κ3) is 6.78. The number of halogens is 2. The lowest BCUT2D eigenvalue weighted by molar-refractivity contribution is 0.0768. The molecule has 0 saturated carbocycles. The van der Waals surface area contributed by atoms with E-state index < -0.39 is 5.82 Å². The minimum absolute atomic E-state index is 0.141. The highest BCUT2D eigenvalue weighted by molar-refractivity contribution is 6.30. The van der Waals surface area contributed by atoms with Gasteiger partial charge < -0.3 is 19.9 Å². The lowest BCUT2D eigenvalue weighted by Gasteiger charge is -2.48. The molecule has 4 rings (SSSR count). The number of aryl methyl sites for hydroxylation is 1. The number of hydrogen-bond donors (Lipinski definition) is 1. The van der Waals surface area contributed by atoms with Crippen molar-refractivity contribution in [3.05, 3.63) is 77.2 Å². The van der Waals surface area contributed by atoms with Crippen LogP contribution >= 0.6 is 11.6 Å². The van der Waals surface area contributed by atoms with Crippen molar-refractivity contribution in [3.8, 4) is 0 Å². The minimum Gasteiger partial charge on any atom is -0.422 e. The van der Waals surface area contributed by atoms with Crippen molar-refractivity contribution in [3.63, 3.8) is 0 Å². The fourth-order valence-electron chi connectivity index (χ4n) is 5.83. The van der Waals surface area contributed by atoms with Crippen molar-refractivity contribution in [1.82, 2.24) is 20.1 Å². The SMILES string of the molecule is C=C(NCC)O/C(=N\C)c1ccc(N2CCN(C3CCN(C(=C)c4ccc(Cl)c(F)c4)CC3)[C@@H](CC)C2)c(C)n1. The molecule has 1 aromatic carbocycles. The van der Waals surface area contributed by atoms with E-state index in [1.165, 1.54) is 6.07 Å². The molecule has 2 aliphatic heterocycles. The van der Waals surface area contributed by atoms with Crippen LogP contribution in [-0.4, -0.2) is 79.1 Å². The van der Waals surface area contributed by atoms with Crippen LogP contribution in [0.25, 0.3) is 5.70 Å². The van der Waals surface area contributed by atoms with Crippen molar-refractivity contribution in [1.29, 1.82) is 0 Å². The molecule has 1 N–H and O–H groups in total. The monoisotopic (exact) mass is 568 g/mol. The molecule has 0 radical (unpaired) electrons. The molecule has 0 bridgehead atoms. The van der Waals surface area contributed by atoms with Gasteiger partial charge in [0.25, 0.3) is 0 Å². The van der Waals surface area contributed by atoms with E-state index >= 15 is 0 Å². The number of piperidine rings is 1. The first-order chi connectivity index (χ1) is 19.2. The molecular weight excluding hydrogens is 527 g/mol. The van der Waals surface area contributed by atoms with Gasteiger partial charge in [0.15, 0.2) is 5.88 Å². The fourth-order valence-corrected chi connectivity index (χ4v) is 5.95. The molecular formula is C31H42ClFN6O. The first kappa shape index (κ1) is 29.9. The largest absolute Gasteiger partial charge is 0.422 e. The van der Waals surface area contributed by atoms with Crippen molar-refractivity contribution in [2.24, 2.45) is 4.99 Å². The summed E-state index contributed by atoms with van der Waals surface area (Å²) in [6.45, 7) is 20.0. The number of rotatable bonds is 9. The summed E-state index contributed by atoms with van der Waals surface area (Å²) in [5.41, 5.74) is 4.48. The highest BCUT2D eigenvalue weighted by atomic mass is 35.5. The van der Waals surface area contributed by atoms with Crippen LogP contribution in [0.5, 0.6) is 0 Å². The Morgan fingerprint density at radius 3 is 2.52 bits per heavy atom. The van der Waals surface area contributed by atoms with E-state index in [0.29, 0.717) is 29.6 Å². The molecule has 7 nitrogen and oxygen atoms in total. The zero-order chi connectivity index (χ0) is 28.8. The lowest BCUT2D eigenvalue weighted by Crippen LogP contribution is -2.58. The molecule has 2 aliphatic rings. The molecule has 0 unspecified atom stereocenters. The van der Waals surface area contributed by atoms with E-state index in [2.05, 4.69) is 51.2 Å². The van der Waals surface area contributed by atoms with E-state index in [4.69, 9.17) is 21.3 Å². The van der Waals surface area contributed by atoms with Crippen molar-refractivity contribution < 1.29 is 9.13 Å². The normalized spacial score (nSPS) is 19.1. The quantitative estimate of drug-likeness (QED) is 0.238. The Hall–Kier alpha value is -3.10. The average Bonchev–Trinajstić information content (AvgIpc) is 2.97. The molecule has 40 heavy (non-hydrogen) atoms. The van der Waals surface area contributed by atoms with Gasteiger partial charge in [-0.25, -0.2) is 9.37 Å². The summed E-state index contributed by atoms with van der Waals surface area (Å²) in [5, 5.41) is 3.20. The van der Waals surface area contributed by atoms with Gasteiger partial charge in [0.1, 0.15) is 11.5 Å². The van der Waals surface area contributed by atoms with Crippen LogP contribution in [0, 0.1) is 12.7 Å². The van der Waals surface area contributed by atoms with Crippen molar-refractivity contribution in [2.45, 2.75) is 52.1 Å². The average molecular weight is 569 g/mol. The molecule has 2 fully saturated rings. The Morgan fingerprint density at radius 2 is 1.90 bits per heavy atom. The topological polar surface area (TPSA) is 56.2 Å². The maximum absolute atomic E-state index is 14.0. The minimum atomic E-state index is -0.401. The molecule has 9 heteroatoms. The second-order valence-electron chi connectivity index (χ2n) is 10.4. The van der Waals surface area contributed by atoms with Crippen LogP contribution in [0.3, 0.4) is 0 Å². The first-order valence-electron chi connectivity index (χ1n) is 14.2. The third-order valence-electron chi connectivity index (χ3n) is 7.98. The van der Waals surface area contributed by atoms with Gasteiger partial charge >= 0.3 is 0 Å². The zero-order valence-corrected chi connectivity index (χ0v) is 25.0. The molecule has 0 spiro atoms. The fraction of sp³-hybridized carbons (Fsp3) is 0.484. The van der Waals surface area contributed by atoms with E-state index in [9.17, 15) is 4.39 Å². The smallest absolute Gasteiger partial charge is 0.242 e. The van der Waals surface area contributed by atoms with E-state index in [-0.39, 0.29) is 5.02 Å². The molecule has 0 aliphatic carbocycles. The molecule has 0 amide bonds. The molecule has 216 valence electrons. The summed E-state index contributed by atoms with van der Waals surface area (Å²) >= 11 is 5.87. The van der Waals surface area contributed by atoms with Crippen LogP contribution in [0.4, 0.5) is 10.1 Å². The molecule has 2 saturated heterocycles. The van der Waals surface area contributed by atoms with Crippen LogP contribution in [0.1, 0.15) is 50.1 Å². The zero-order valence-electron chi connectivity index (χ0n) is 24.2. The van der Waals surface area contributed by atoms with Gasteiger partial charge in [-0.1, -0.05) is 31.2 Å². The van der Waals surface area contributed by atoms with Crippen LogP contribution < -0.4 is 10.2 Å².